The molecule has 190 valence electrons. The summed E-state index contributed by atoms with van der Waals surface area (Å²) in [4.78, 5) is 61.1. The van der Waals surface area contributed by atoms with Crippen LogP contribution >= 0.6 is 0 Å². The summed E-state index contributed by atoms with van der Waals surface area (Å²) in [6.07, 6.45) is 0.233. The third-order valence-electron chi connectivity index (χ3n) is 5.44. The Balaban J connectivity index is 1.45. The van der Waals surface area contributed by atoms with Crippen LogP contribution in [0.4, 0.5) is 10.5 Å². The zero-order chi connectivity index (χ0) is 26.1. The van der Waals surface area contributed by atoms with Crippen molar-refractivity contribution in [2.45, 2.75) is 38.5 Å². The first-order chi connectivity index (χ1) is 17.2. The molecule has 1 fully saturated rings. The Morgan fingerprint density at radius 2 is 1.81 bits per heavy atom. The number of hydrogen-bond acceptors (Lipinski definition) is 8. The quantitative estimate of drug-likeness (QED) is 0.230. The van der Waals surface area contributed by atoms with Crippen molar-refractivity contribution in [1.82, 2.24) is 15.5 Å². The average Bonchev–Trinajstić information content (AvgIpc) is 3.36. The van der Waals surface area contributed by atoms with Gasteiger partial charge in [-0.2, -0.15) is 0 Å². The van der Waals surface area contributed by atoms with Crippen molar-refractivity contribution in [3.8, 4) is 5.75 Å². The first-order valence-electron chi connectivity index (χ1n) is 11.2. The van der Waals surface area contributed by atoms with E-state index >= 15 is 0 Å². The zero-order valence-electron chi connectivity index (χ0n) is 19.5. The monoisotopic (exact) mass is 498 g/mol. The summed E-state index contributed by atoms with van der Waals surface area (Å²) in [5, 5.41) is 15.6. The van der Waals surface area contributed by atoms with E-state index in [9.17, 15) is 29.3 Å². The maximum absolute atomic E-state index is 12.9. The van der Waals surface area contributed by atoms with Crippen LogP contribution in [-0.4, -0.2) is 58.9 Å². The predicted molar refractivity (Wildman–Crippen MR) is 126 cm³/mol. The molecule has 12 nitrogen and oxygen atoms in total. The number of non-ortho nitro benzene ring substituents is 1. The van der Waals surface area contributed by atoms with Gasteiger partial charge in [-0.3, -0.25) is 19.7 Å². The molecule has 1 aliphatic rings. The highest BCUT2D eigenvalue weighted by molar-refractivity contribution is 5.92. The van der Waals surface area contributed by atoms with Crippen molar-refractivity contribution in [3.63, 3.8) is 0 Å². The summed E-state index contributed by atoms with van der Waals surface area (Å²) in [6.45, 7) is 1.43. The van der Waals surface area contributed by atoms with Crippen LogP contribution in [0.1, 0.15) is 25.3 Å². The van der Waals surface area contributed by atoms with E-state index in [2.05, 4.69) is 10.6 Å². The molecule has 2 aromatic rings. The molecular weight excluding hydrogens is 472 g/mol. The van der Waals surface area contributed by atoms with E-state index in [1.165, 1.54) is 36.1 Å². The first kappa shape index (κ1) is 26.1. The third kappa shape index (κ3) is 7.26. The number of nitrogens with zero attached hydrogens (tertiary/aromatic N) is 2. The number of likely N-dealkylation sites (tertiary alicyclic amines) is 1. The highest BCUT2D eigenvalue weighted by atomic mass is 16.6. The van der Waals surface area contributed by atoms with Crippen LogP contribution in [0, 0.1) is 10.1 Å². The minimum Gasteiger partial charge on any atom is -0.445 e. The molecule has 1 heterocycles. The van der Waals surface area contributed by atoms with Gasteiger partial charge in [0.1, 0.15) is 31.0 Å². The van der Waals surface area contributed by atoms with Crippen LogP contribution in [0.5, 0.6) is 5.75 Å². The van der Waals surface area contributed by atoms with Crippen molar-refractivity contribution < 1.29 is 33.6 Å². The molecule has 3 amide bonds. The summed E-state index contributed by atoms with van der Waals surface area (Å²) in [5.41, 5.74) is 0.650. The molecule has 2 N–H and O–H groups in total. The summed E-state index contributed by atoms with van der Waals surface area (Å²) in [7, 11) is 0. The van der Waals surface area contributed by atoms with Crippen molar-refractivity contribution >= 4 is 29.6 Å². The molecule has 1 saturated heterocycles. The Bertz CT molecular complexity index is 1110. The maximum atomic E-state index is 12.9. The SMILES string of the molecule is C[C@H](NC(=O)OCc1ccccc1)C(=O)N1CCC[C@@H]1C(=O)NCC(=O)Oc1ccc([N+](=O)[O-])cc1. The number of esters is 1. The molecule has 2 atom stereocenters. The second-order valence-corrected chi connectivity index (χ2v) is 8.06. The van der Waals surface area contributed by atoms with Crippen LogP contribution in [0.3, 0.4) is 0 Å². The number of nitro groups is 1. The summed E-state index contributed by atoms with van der Waals surface area (Å²) < 4.78 is 10.2. The standard InChI is InChI=1S/C24H26N4O8/c1-16(26-24(32)35-15-17-6-3-2-4-7-17)23(31)27-13-5-8-20(27)22(30)25-14-21(29)36-19-11-9-18(10-12-19)28(33)34/h2-4,6-7,9-12,16,20H,5,8,13-15H2,1H3,(H,25,30)(H,26,32)/t16-,20+/m0/s1. The first-order valence-corrected chi connectivity index (χ1v) is 11.2. The highest BCUT2D eigenvalue weighted by Gasteiger charge is 2.36. The zero-order valence-corrected chi connectivity index (χ0v) is 19.5. The molecule has 1 aliphatic heterocycles. The Hall–Kier alpha value is -4.48. The van der Waals surface area contributed by atoms with Gasteiger partial charge < -0.3 is 25.0 Å². The molecular formula is C24H26N4O8. The van der Waals surface area contributed by atoms with Gasteiger partial charge in [0.25, 0.3) is 5.69 Å². The number of nitrogens with one attached hydrogen (secondary N) is 2. The van der Waals surface area contributed by atoms with Gasteiger partial charge in [-0.1, -0.05) is 30.3 Å². The maximum Gasteiger partial charge on any atom is 0.408 e. The van der Waals surface area contributed by atoms with Gasteiger partial charge in [-0.05, 0) is 37.5 Å². The number of alkyl carbamates (subject to hydrolysis) is 1. The van der Waals surface area contributed by atoms with Crippen molar-refractivity contribution in [2.75, 3.05) is 13.1 Å². The second kappa shape index (κ2) is 12.3. The van der Waals surface area contributed by atoms with Gasteiger partial charge in [0.2, 0.25) is 11.8 Å². The number of amides is 3. The number of hydrogen-bond donors (Lipinski definition) is 2. The van der Waals surface area contributed by atoms with Gasteiger partial charge >= 0.3 is 12.1 Å². The number of nitro benzene ring substituents is 1. The minimum atomic E-state index is -0.922. The normalized spacial score (nSPS) is 15.5. The van der Waals surface area contributed by atoms with Crippen LogP contribution in [0.15, 0.2) is 54.6 Å². The molecule has 0 aliphatic carbocycles. The topological polar surface area (TPSA) is 157 Å². The highest BCUT2D eigenvalue weighted by Crippen LogP contribution is 2.19. The summed E-state index contributed by atoms with van der Waals surface area (Å²) >= 11 is 0. The van der Waals surface area contributed by atoms with Crippen LogP contribution in [0.2, 0.25) is 0 Å². The van der Waals surface area contributed by atoms with Crippen molar-refractivity contribution in [3.05, 3.63) is 70.3 Å². The number of ether oxygens (including phenoxy) is 2. The van der Waals surface area contributed by atoms with E-state index in [0.717, 1.165) is 5.56 Å². The van der Waals surface area contributed by atoms with E-state index < -0.39 is 47.4 Å². The van der Waals surface area contributed by atoms with E-state index in [0.29, 0.717) is 19.4 Å². The van der Waals surface area contributed by atoms with Gasteiger partial charge in [0.05, 0.1) is 4.92 Å². The van der Waals surface area contributed by atoms with E-state index in [1.54, 1.807) is 12.1 Å². The largest absolute Gasteiger partial charge is 0.445 e. The molecule has 0 spiro atoms. The Morgan fingerprint density at radius 1 is 1.11 bits per heavy atom. The van der Waals surface area contributed by atoms with Gasteiger partial charge in [-0.25, -0.2) is 9.59 Å². The number of carbonyl (C=O) groups is 4. The Kier molecular flexibility index (Phi) is 8.92. The van der Waals surface area contributed by atoms with E-state index in [4.69, 9.17) is 9.47 Å². The summed E-state index contributed by atoms with van der Waals surface area (Å²) in [6, 6.07) is 12.3. The molecule has 0 unspecified atom stereocenters. The van der Waals surface area contributed by atoms with Crippen molar-refractivity contribution in [2.24, 2.45) is 0 Å². The van der Waals surface area contributed by atoms with E-state index in [-0.39, 0.29) is 18.0 Å². The predicted octanol–water partition coefficient (Wildman–Crippen LogP) is 1.92. The molecule has 0 aromatic heterocycles. The van der Waals surface area contributed by atoms with Gasteiger partial charge in [-0.15, -0.1) is 0 Å². The second-order valence-electron chi connectivity index (χ2n) is 8.06. The number of carbonyl (C=O) groups excluding carboxylic acids is 4. The lowest BCUT2D eigenvalue weighted by Crippen LogP contribution is -2.53. The molecule has 12 heteroatoms. The van der Waals surface area contributed by atoms with Crippen molar-refractivity contribution in [1.29, 1.82) is 0 Å². The number of benzene rings is 2. The molecule has 0 bridgehead atoms. The van der Waals surface area contributed by atoms with Gasteiger partial charge in [0.15, 0.2) is 0 Å². The smallest absolute Gasteiger partial charge is 0.408 e. The fraction of sp³-hybridized carbons (Fsp3) is 0.333. The fourth-order valence-corrected chi connectivity index (χ4v) is 3.64. The lowest BCUT2D eigenvalue weighted by atomic mass is 10.2. The molecule has 36 heavy (non-hydrogen) atoms. The Labute approximate surface area is 206 Å². The number of rotatable bonds is 9. The fourth-order valence-electron chi connectivity index (χ4n) is 3.64. The Morgan fingerprint density at radius 3 is 2.47 bits per heavy atom. The molecule has 0 saturated carbocycles. The lowest BCUT2D eigenvalue weighted by Gasteiger charge is -2.26. The minimum absolute atomic E-state index is 0.0539. The molecule has 2 aromatic carbocycles. The average molecular weight is 498 g/mol. The van der Waals surface area contributed by atoms with E-state index in [1.807, 2.05) is 18.2 Å². The summed E-state index contributed by atoms with van der Waals surface area (Å²) in [5.74, 6) is -1.65. The van der Waals surface area contributed by atoms with Gasteiger partial charge in [0, 0.05) is 18.7 Å². The molecule has 0 radical (unpaired) electrons. The third-order valence-corrected chi connectivity index (χ3v) is 5.44. The van der Waals surface area contributed by atoms with Crippen LogP contribution in [0.25, 0.3) is 0 Å². The lowest BCUT2D eigenvalue weighted by molar-refractivity contribution is -0.384. The van der Waals surface area contributed by atoms with Crippen LogP contribution < -0.4 is 15.4 Å². The molecule has 3 rings (SSSR count). The van der Waals surface area contributed by atoms with Crippen LogP contribution in [-0.2, 0) is 25.7 Å².